The number of fused-ring (bicyclic) bond motifs is 1. The number of aliphatic hydroxyl groups is 1. The fourth-order valence-electron chi connectivity index (χ4n) is 3.31. The molecule has 1 unspecified atom stereocenters. The highest BCUT2D eigenvalue weighted by Crippen LogP contribution is 2.33. The number of hydrogen-bond donors (Lipinski definition) is 2. The maximum absolute atomic E-state index is 12.5. The van der Waals surface area contributed by atoms with Crippen molar-refractivity contribution in [2.75, 3.05) is 6.61 Å². The third kappa shape index (κ3) is 2.91. The van der Waals surface area contributed by atoms with E-state index >= 15 is 0 Å². The third-order valence-corrected chi connectivity index (χ3v) is 4.86. The zero-order chi connectivity index (χ0) is 14.9. The monoisotopic (exact) mass is 289 g/mol. The number of carbonyl (C=O) groups excluding carboxylic acids is 1. The maximum atomic E-state index is 12.5. The smallest absolute Gasteiger partial charge is 0.261 e. The van der Waals surface area contributed by atoms with Gasteiger partial charge in [0.05, 0.1) is 12.1 Å². The number of nitrogens with one attached hydrogen (secondary N) is 1. The highest BCUT2D eigenvalue weighted by Gasteiger charge is 2.38. The van der Waals surface area contributed by atoms with Gasteiger partial charge in [-0.2, -0.15) is 0 Å². The molecule has 0 saturated heterocycles. The largest absolute Gasteiger partial charge is 0.480 e. The molecule has 0 radical (unpaired) electrons. The van der Waals surface area contributed by atoms with Crippen LogP contribution in [0.15, 0.2) is 24.3 Å². The fourth-order valence-corrected chi connectivity index (χ4v) is 3.31. The Hall–Kier alpha value is -1.55. The molecular weight excluding hydrogens is 266 g/mol. The second-order valence-corrected chi connectivity index (χ2v) is 6.53. The second kappa shape index (κ2) is 5.68. The molecule has 2 N–H and O–H groups in total. The van der Waals surface area contributed by atoms with Gasteiger partial charge in [0.15, 0.2) is 6.10 Å². The normalized spacial score (nSPS) is 31.3. The zero-order valence-corrected chi connectivity index (χ0v) is 12.5. The Morgan fingerprint density at radius 2 is 2.10 bits per heavy atom. The molecule has 1 fully saturated rings. The van der Waals surface area contributed by atoms with Gasteiger partial charge in [-0.1, -0.05) is 25.1 Å². The molecule has 1 aliphatic carbocycles. The lowest BCUT2D eigenvalue weighted by molar-refractivity contribution is -0.130. The minimum absolute atomic E-state index is 0.00509. The Morgan fingerprint density at radius 3 is 2.76 bits per heavy atom. The molecule has 1 aliphatic heterocycles. The molecule has 2 aliphatic rings. The minimum Gasteiger partial charge on any atom is -0.480 e. The SMILES string of the molecule is CC1CCC(CO)(NC(=O)C2Cc3ccccc3O2)CC1. The van der Waals surface area contributed by atoms with Gasteiger partial charge < -0.3 is 15.2 Å². The molecule has 1 amide bonds. The molecule has 4 heteroatoms. The number of ether oxygens (including phenoxy) is 1. The molecule has 21 heavy (non-hydrogen) atoms. The van der Waals surface area contributed by atoms with E-state index in [-0.39, 0.29) is 12.5 Å². The standard InChI is InChI=1S/C17H23NO3/c1-12-6-8-17(11-19,9-7-12)18-16(20)15-10-13-4-2-3-5-14(13)21-15/h2-5,12,15,19H,6-11H2,1H3,(H,18,20). The Morgan fingerprint density at radius 1 is 1.38 bits per heavy atom. The maximum Gasteiger partial charge on any atom is 0.261 e. The van der Waals surface area contributed by atoms with Crippen LogP contribution in [0.25, 0.3) is 0 Å². The number of amides is 1. The van der Waals surface area contributed by atoms with Gasteiger partial charge in [-0.3, -0.25) is 4.79 Å². The summed E-state index contributed by atoms with van der Waals surface area (Å²) >= 11 is 0. The van der Waals surface area contributed by atoms with Crippen molar-refractivity contribution >= 4 is 5.91 Å². The van der Waals surface area contributed by atoms with Gasteiger partial charge in [-0.05, 0) is 43.2 Å². The first-order valence-corrected chi connectivity index (χ1v) is 7.79. The lowest BCUT2D eigenvalue weighted by atomic mass is 9.77. The van der Waals surface area contributed by atoms with E-state index in [0.29, 0.717) is 12.3 Å². The van der Waals surface area contributed by atoms with E-state index < -0.39 is 11.6 Å². The molecule has 1 heterocycles. The molecule has 0 spiro atoms. The van der Waals surface area contributed by atoms with Crippen LogP contribution in [-0.2, 0) is 11.2 Å². The highest BCUT2D eigenvalue weighted by molar-refractivity contribution is 5.83. The second-order valence-electron chi connectivity index (χ2n) is 6.53. The van der Waals surface area contributed by atoms with Gasteiger partial charge in [-0.25, -0.2) is 0 Å². The molecule has 0 aromatic heterocycles. The van der Waals surface area contributed by atoms with Crippen molar-refractivity contribution < 1.29 is 14.6 Å². The minimum atomic E-state index is -0.467. The van der Waals surface area contributed by atoms with Crippen LogP contribution in [-0.4, -0.2) is 29.3 Å². The molecule has 1 aromatic rings. The van der Waals surface area contributed by atoms with Crippen molar-refractivity contribution in [3.8, 4) is 5.75 Å². The summed E-state index contributed by atoms with van der Waals surface area (Å²) in [5, 5.41) is 12.8. The van der Waals surface area contributed by atoms with Gasteiger partial charge in [-0.15, -0.1) is 0 Å². The number of benzene rings is 1. The molecule has 0 bridgehead atoms. The summed E-state index contributed by atoms with van der Waals surface area (Å²) in [4.78, 5) is 12.5. The molecular formula is C17H23NO3. The van der Waals surface area contributed by atoms with Crippen molar-refractivity contribution in [2.24, 2.45) is 5.92 Å². The van der Waals surface area contributed by atoms with Crippen molar-refractivity contribution in [3.63, 3.8) is 0 Å². The number of aliphatic hydroxyl groups excluding tert-OH is 1. The van der Waals surface area contributed by atoms with E-state index in [1.165, 1.54) is 0 Å². The number of para-hydroxylation sites is 1. The summed E-state index contributed by atoms with van der Waals surface area (Å²) < 4.78 is 5.73. The third-order valence-electron chi connectivity index (χ3n) is 4.86. The van der Waals surface area contributed by atoms with E-state index in [1.807, 2.05) is 24.3 Å². The molecule has 1 saturated carbocycles. The average Bonchev–Trinajstić information content (AvgIpc) is 2.94. The number of carbonyl (C=O) groups is 1. The summed E-state index contributed by atoms with van der Waals surface area (Å²) in [5.74, 6) is 1.37. The average molecular weight is 289 g/mol. The summed E-state index contributed by atoms with van der Waals surface area (Å²) in [6.07, 6.45) is 3.93. The lowest BCUT2D eigenvalue weighted by Gasteiger charge is -2.39. The zero-order valence-electron chi connectivity index (χ0n) is 12.5. The van der Waals surface area contributed by atoms with Crippen molar-refractivity contribution in [1.82, 2.24) is 5.32 Å². The van der Waals surface area contributed by atoms with E-state index in [9.17, 15) is 9.90 Å². The predicted octanol–water partition coefficient (Wildman–Crippen LogP) is 2.05. The Kier molecular flexibility index (Phi) is 3.89. The van der Waals surface area contributed by atoms with Crippen LogP contribution < -0.4 is 10.1 Å². The topological polar surface area (TPSA) is 58.6 Å². The summed E-state index contributed by atoms with van der Waals surface area (Å²) in [7, 11) is 0. The van der Waals surface area contributed by atoms with Gasteiger partial charge in [0.25, 0.3) is 5.91 Å². The van der Waals surface area contributed by atoms with Crippen LogP contribution in [0, 0.1) is 5.92 Å². The first-order valence-electron chi connectivity index (χ1n) is 7.79. The van der Waals surface area contributed by atoms with Gasteiger partial charge in [0.2, 0.25) is 0 Å². The first kappa shape index (κ1) is 14.4. The lowest BCUT2D eigenvalue weighted by Crippen LogP contribution is -2.56. The van der Waals surface area contributed by atoms with Crippen LogP contribution in [0.3, 0.4) is 0 Å². The molecule has 3 rings (SSSR count). The Bertz CT molecular complexity index is 496. The fraction of sp³-hybridized carbons (Fsp3) is 0.588. The van der Waals surface area contributed by atoms with E-state index in [2.05, 4.69) is 12.2 Å². The van der Waals surface area contributed by atoms with Gasteiger partial charge in [0, 0.05) is 6.42 Å². The van der Waals surface area contributed by atoms with Crippen LogP contribution in [0.2, 0.25) is 0 Å². The van der Waals surface area contributed by atoms with Crippen LogP contribution in [0.5, 0.6) is 5.75 Å². The molecule has 1 atom stereocenters. The first-order chi connectivity index (χ1) is 10.1. The number of hydrogen-bond acceptors (Lipinski definition) is 3. The van der Waals surface area contributed by atoms with Crippen molar-refractivity contribution in [3.05, 3.63) is 29.8 Å². The van der Waals surface area contributed by atoms with Crippen molar-refractivity contribution in [2.45, 2.75) is 50.7 Å². The molecule has 4 nitrogen and oxygen atoms in total. The van der Waals surface area contributed by atoms with Crippen LogP contribution in [0.1, 0.15) is 38.2 Å². The highest BCUT2D eigenvalue weighted by atomic mass is 16.5. The predicted molar refractivity (Wildman–Crippen MR) is 80.2 cm³/mol. The summed E-state index contributed by atoms with van der Waals surface area (Å²) in [5.41, 5.74) is 0.620. The van der Waals surface area contributed by atoms with E-state index in [4.69, 9.17) is 4.74 Å². The van der Waals surface area contributed by atoms with Crippen molar-refractivity contribution in [1.29, 1.82) is 0 Å². The summed E-state index contributed by atoms with van der Waals surface area (Å²) in [6, 6.07) is 7.76. The van der Waals surface area contributed by atoms with E-state index in [1.54, 1.807) is 0 Å². The number of rotatable bonds is 3. The molecule has 114 valence electrons. The van der Waals surface area contributed by atoms with E-state index in [0.717, 1.165) is 37.0 Å². The van der Waals surface area contributed by atoms with Gasteiger partial charge in [0.1, 0.15) is 5.75 Å². The molecule has 1 aromatic carbocycles. The quantitative estimate of drug-likeness (QED) is 0.895. The van der Waals surface area contributed by atoms with Crippen LogP contribution >= 0.6 is 0 Å². The Labute approximate surface area is 125 Å². The summed E-state index contributed by atoms with van der Waals surface area (Å²) in [6.45, 7) is 2.23. The van der Waals surface area contributed by atoms with Gasteiger partial charge >= 0.3 is 0 Å². The van der Waals surface area contributed by atoms with Crippen LogP contribution in [0.4, 0.5) is 0 Å². The Balaban J connectivity index is 1.64.